The van der Waals surface area contributed by atoms with Crippen molar-refractivity contribution in [2.45, 2.75) is 5.38 Å². The van der Waals surface area contributed by atoms with Gasteiger partial charge < -0.3 is 9.47 Å². The molecule has 20 heavy (non-hydrogen) atoms. The summed E-state index contributed by atoms with van der Waals surface area (Å²) in [5.74, 6) is 1.49. The van der Waals surface area contributed by atoms with Crippen molar-refractivity contribution >= 4 is 11.6 Å². The van der Waals surface area contributed by atoms with E-state index in [9.17, 15) is 0 Å². The van der Waals surface area contributed by atoms with Crippen molar-refractivity contribution in [3.8, 4) is 11.5 Å². The van der Waals surface area contributed by atoms with Gasteiger partial charge in [0.1, 0.15) is 11.5 Å². The third-order valence-corrected chi connectivity index (χ3v) is 3.34. The molecule has 0 fully saturated rings. The van der Waals surface area contributed by atoms with E-state index >= 15 is 0 Å². The first kappa shape index (κ1) is 16.6. The van der Waals surface area contributed by atoms with E-state index in [1.54, 1.807) is 14.2 Å². The van der Waals surface area contributed by atoms with E-state index in [2.05, 4.69) is 18.1 Å². The number of nitrogens with zero attached hydrogens (tertiary/aromatic N) is 1. The molecule has 0 bridgehead atoms. The van der Waals surface area contributed by atoms with Gasteiger partial charge in [0.15, 0.2) is 0 Å². The Morgan fingerprint density at radius 2 is 1.85 bits per heavy atom. The molecule has 0 saturated heterocycles. The van der Waals surface area contributed by atoms with E-state index in [-0.39, 0.29) is 5.38 Å². The Bertz CT molecular complexity index is 438. The maximum atomic E-state index is 6.52. The minimum Gasteiger partial charge on any atom is -0.497 e. The second-order valence-electron chi connectivity index (χ2n) is 4.37. The highest BCUT2D eigenvalue weighted by Gasteiger charge is 2.17. The Balaban J connectivity index is 2.86. The predicted molar refractivity (Wildman–Crippen MR) is 85.0 cm³/mol. The number of hydrogen-bond donors (Lipinski definition) is 0. The monoisotopic (exact) mass is 295 g/mol. The van der Waals surface area contributed by atoms with E-state index in [1.165, 1.54) is 0 Å². The van der Waals surface area contributed by atoms with Crippen LogP contribution in [0.5, 0.6) is 11.5 Å². The van der Waals surface area contributed by atoms with Crippen molar-refractivity contribution in [3.63, 3.8) is 0 Å². The Kier molecular flexibility index (Phi) is 7.20. The quantitative estimate of drug-likeness (QED) is 0.513. The average Bonchev–Trinajstić information content (AvgIpc) is 2.46. The van der Waals surface area contributed by atoms with Gasteiger partial charge >= 0.3 is 0 Å². The number of halogens is 1. The highest BCUT2D eigenvalue weighted by atomic mass is 35.5. The highest BCUT2D eigenvalue weighted by Crippen LogP contribution is 2.33. The van der Waals surface area contributed by atoms with E-state index in [4.69, 9.17) is 21.1 Å². The van der Waals surface area contributed by atoms with Crippen molar-refractivity contribution in [1.82, 2.24) is 4.90 Å². The number of alkyl halides is 1. The van der Waals surface area contributed by atoms with Crippen molar-refractivity contribution < 1.29 is 9.47 Å². The van der Waals surface area contributed by atoms with Crippen LogP contribution in [0.25, 0.3) is 0 Å². The number of methoxy groups -OCH3 is 2. The minimum atomic E-state index is -0.171. The van der Waals surface area contributed by atoms with E-state index in [0.717, 1.165) is 30.2 Å². The summed E-state index contributed by atoms with van der Waals surface area (Å²) in [6.07, 6.45) is 3.72. The molecule has 0 aromatic heterocycles. The zero-order valence-electron chi connectivity index (χ0n) is 12.1. The number of ether oxygens (including phenoxy) is 2. The Morgan fingerprint density at radius 1 is 1.20 bits per heavy atom. The van der Waals surface area contributed by atoms with Gasteiger partial charge in [-0.05, 0) is 6.07 Å². The third kappa shape index (κ3) is 4.58. The minimum absolute atomic E-state index is 0.171. The summed E-state index contributed by atoms with van der Waals surface area (Å²) in [5.41, 5.74) is 0.952. The molecular weight excluding hydrogens is 274 g/mol. The van der Waals surface area contributed by atoms with Crippen molar-refractivity contribution in [3.05, 3.63) is 49.1 Å². The largest absolute Gasteiger partial charge is 0.497 e. The summed E-state index contributed by atoms with van der Waals surface area (Å²) >= 11 is 6.52. The zero-order chi connectivity index (χ0) is 15.0. The van der Waals surface area contributed by atoms with Crippen LogP contribution >= 0.6 is 11.6 Å². The average molecular weight is 296 g/mol. The molecule has 0 N–H and O–H groups in total. The maximum absolute atomic E-state index is 6.52. The summed E-state index contributed by atoms with van der Waals surface area (Å²) in [7, 11) is 3.26. The fourth-order valence-electron chi connectivity index (χ4n) is 1.99. The SMILES string of the molecule is C=CCN(CC=C)CC(Cl)c1ccc(OC)cc1OC. The van der Waals surface area contributed by atoms with Gasteiger partial charge in [-0.25, -0.2) is 0 Å². The van der Waals surface area contributed by atoms with Crippen LogP contribution in [-0.4, -0.2) is 38.8 Å². The van der Waals surface area contributed by atoms with Crippen LogP contribution in [-0.2, 0) is 0 Å². The van der Waals surface area contributed by atoms with Crippen LogP contribution in [0.4, 0.5) is 0 Å². The molecule has 0 aliphatic heterocycles. The molecule has 1 aromatic rings. The summed E-state index contributed by atoms with van der Waals surface area (Å²) < 4.78 is 10.6. The van der Waals surface area contributed by atoms with Crippen LogP contribution in [0.15, 0.2) is 43.5 Å². The van der Waals surface area contributed by atoms with Crippen LogP contribution in [0.2, 0.25) is 0 Å². The summed E-state index contributed by atoms with van der Waals surface area (Å²) in [6, 6.07) is 5.67. The second kappa shape index (κ2) is 8.67. The molecule has 0 radical (unpaired) electrons. The zero-order valence-corrected chi connectivity index (χ0v) is 12.9. The van der Waals surface area contributed by atoms with Gasteiger partial charge in [0.25, 0.3) is 0 Å². The molecule has 0 aliphatic rings. The van der Waals surface area contributed by atoms with Crippen LogP contribution < -0.4 is 9.47 Å². The standard InChI is InChI=1S/C16H22ClNO2/c1-5-9-18(10-6-2)12-15(17)14-8-7-13(19-3)11-16(14)20-4/h5-8,11,15H,1-2,9-10,12H2,3-4H3. The number of benzene rings is 1. The molecule has 1 atom stereocenters. The first-order chi connectivity index (χ1) is 9.65. The van der Waals surface area contributed by atoms with Gasteiger partial charge in [0.2, 0.25) is 0 Å². The number of hydrogen-bond acceptors (Lipinski definition) is 3. The summed E-state index contributed by atoms with van der Waals surface area (Å²) in [6.45, 7) is 9.76. The summed E-state index contributed by atoms with van der Waals surface area (Å²) in [4.78, 5) is 2.17. The lowest BCUT2D eigenvalue weighted by atomic mass is 10.1. The molecule has 1 aromatic carbocycles. The van der Waals surface area contributed by atoms with Gasteiger partial charge in [-0.3, -0.25) is 4.90 Å². The highest BCUT2D eigenvalue weighted by molar-refractivity contribution is 6.21. The van der Waals surface area contributed by atoms with Crippen LogP contribution in [0.3, 0.4) is 0 Å². The van der Waals surface area contributed by atoms with Gasteiger partial charge in [0.05, 0.1) is 19.6 Å². The first-order valence-corrected chi connectivity index (χ1v) is 6.90. The van der Waals surface area contributed by atoms with E-state index < -0.39 is 0 Å². The molecular formula is C16H22ClNO2. The molecule has 0 amide bonds. The molecule has 110 valence electrons. The van der Waals surface area contributed by atoms with Crippen molar-refractivity contribution in [2.24, 2.45) is 0 Å². The fraction of sp³-hybridized carbons (Fsp3) is 0.375. The van der Waals surface area contributed by atoms with Gasteiger partial charge in [-0.2, -0.15) is 0 Å². The van der Waals surface area contributed by atoms with Crippen LogP contribution in [0, 0.1) is 0 Å². The second-order valence-corrected chi connectivity index (χ2v) is 4.90. The fourth-order valence-corrected chi connectivity index (χ4v) is 2.37. The molecule has 4 heteroatoms. The van der Waals surface area contributed by atoms with Gasteiger partial charge in [-0.1, -0.05) is 18.2 Å². The van der Waals surface area contributed by atoms with E-state index in [1.807, 2.05) is 30.4 Å². The molecule has 1 unspecified atom stereocenters. The third-order valence-electron chi connectivity index (χ3n) is 2.97. The molecule has 1 rings (SSSR count). The van der Waals surface area contributed by atoms with Crippen molar-refractivity contribution in [2.75, 3.05) is 33.9 Å². The Morgan fingerprint density at radius 3 is 2.35 bits per heavy atom. The smallest absolute Gasteiger partial charge is 0.127 e. The number of rotatable bonds is 9. The summed E-state index contributed by atoms with van der Waals surface area (Å²) in [5, 5.41) is -0.171. The topological polar surface area (TPSA) is 21.7 Å². The molecule has 0 saturated carbocycles. The first-order valence-electron chi connectivity index (χ1n) is 6.46. The maximum Gasteiger partial charge on any atom is 0.127 e. The lowest BCUT2D eigenvalue weighted by molar-refractivity contribution is 0.331. The Hall–Kier alpha value is -1.45. The van der Waals surface area contributed by atoms with Gasteiger partial charge in [0, 0.05) is 31.3 Å². The molecule has 3 nitrogen and oxygen atoms in total. The molecule has 0 heterocycles. The van der Waals surface area contributed by atoms with E-state index in [0.29, 0.717) is 6.54 Å². The van der Waals surface area contributed by atoms with Crippen LogP contribution in [0.1, 0.15) is 10.9 Å². The Labute approximate surface area is 126 Å². The normalized spacial score (nSPS) is 12.0. The van der Waals surface area contributed by atoms with Crippen molar-refractivity contribution in [1.29, 1.82) is 0 Å². The molecule has 0 aliphatic carbocycles. The molecule has 0 spiro atoms. The van der Waals surface area contributed by atoms with Gasteiger partial charge in [-0.15, -0.1) is 24.8 Å². The lowest BCUT2D eigenvalue weighted by Gasteiger charge is -2.23. The predicted octanol–water partition coefficient (Wildman–Crippen LogP) is 3.66. The lowest BCUT2D eigenvalue weighted by Crippen LogP contribution is -2.27.